The Hall–Kier alpha value is -11.2. The van der Waals surface area contributed by atoms with Gasteiger partial charge in [-0.15, -0.1) is 0 Å². The highest BCUT2D eigenvalue weighted by Gasteiger charge is 2.28. The number of pyridine rings is 4. The van der Waals surface area contributed by atoms with Crippen molar-refractivity contribution in [3.8, 4) is 112 Å². The van der Waals surface area contributed by atoms with Gasteiger partial charge < -0.3 is 0 Å². The van der Waals surface area contributed by atoms with Crippen molar-refractivity contribution in [2.45, 2.75) is 173 Å². The second-order valence-electron chi connectivity index (χ2n) is 29.9. The van der Waals surface area contributed by atoms with Crippen LogP contribution in [0.3, 0.4) is 0 Å². The normalized spacial score (nSPS) is 19.1. The summed E-state index contributed by atoms with van der Waals surface area (Å²) in [4.78, 5) is 0. The van der Waals surface area contributed by atoms with Crippen LogP contribution in [0, 0.1) is 103 Å². The van der Waals surface area contributed by atoms with Crippen molar-refractivity contribution in [3.63, 3.8) is 0 Å². The fourth-order valence-corrected chi connectivity index (χ4v) is 15.9. The Balaban J connectivity index is 0.000000166. The van der Waals surface area contributed by atoms with Crippen LogP contribution in [0.25, 0.3) is 112 Å². The maximum absolute atomic E-state index is 9.26. The van der Waals surface area contributed by atoms with Gasteiger partial charge in [0.05, 0.1) is 0 Å². The summed E-state index contributed by atoms with van der Waals surface area (Å²) >= 11 is 0. The Morgan fingerprint density at radius 3 is 0.877 bits per heavy atom. The molecule has 2 aliphatic carbocycles. The van der Waals surface area contributed by atoms with E-state index in [2.05, 4.69) is 6.07 Å². The summed E-state index contributed by atoms with van der Waals surface area (Å²) in [5, 5.41) is 0. The van der Waals surface area contributed by atoms with Gasteiger partial charge in [-0.25, -0.2) is 18.3 Å². The highest BCUT2D eigenvalue weighted by Crippen LogP contribution is 2.43. The van der Waals surface area contributed by atoms with E-state index in [1.54, 1.807) is 214 Å². The molecule has 0 amide bonds. The minimum absolute atomic E-state index is 0.0465. The molecule has 0 N–H and O–H groups in total. The molecule has 576 valence electrons. The summed E-state index contributed by atoms with van der Waals surface area (Å²) in [6, 6.07) is 67.9. The molecule has 0 bridgehead atoms. The van der Waals surface area contributed by atoms with Gasteiger partial charge in [0.15, 0.2) is 24.8 Å². The molecule has 114 heavy (non-hydrogen) atoms. The Morgan fingerprint density at radius 1 is 0.228 bits per heavy atom. The minimum atomic E-state index is -2.49. The lowest BCUT2D eigenvalue weighted by molar-refractivity contribution is -0.661. The molecule has 0 atom stereocenters. The first-order valence-corrected chi connectivity index (χ1v) is 38.7. The smallest absolute Gasteiger partial charge is 0.201 e. The summed E-state index contributed by atoms with van der Waals surface area (Å²) in [5.74, 6) is -2.05. The van der Waals surface area contributed by atoms with E-state index < -0.39 is 87.2 Å². The quantitative estimate of drug-likeness (QED) is 0.108. The standard InChI is InChI=1S/C28H34N.C28H28N.C27H32N.C27H26N/c2*1-19-11-9-10-14-24(19)26-16-27(21(3)15-20(26)2)28-17-25(22(4)18-29(28)5)23-12-7-6-8-13-23;1-18-10-6-9-13-23(18)25-15-26(20(3)14-19(25)2)27-16-24(21(4)17-28(27)5)22-11-7-8-12-22;1-19-10-8-9-13-24(19)25-18-26(21(3)16-20(25)2)27-17-23(14-15-28(27)4)22-11-6-5-7-12-22/h9-11,14-18,23H,6-8,12-13H2,1-5H3;6-18H,1-5H3;6,9-10,13-17,22H,7-8,11-12H2,1-5H3;5-18H,1-4H3/q4*+1/i1D3,2D3,4D3,23D;1D3,2D3,4D3;1D3,2D3,4D3,22D;1D3,2D3. The number of rotatable bonds is 12. The third-order valence-electron chi connectivity index (χ3n) is 22.0. The van der Waals surface area contributed by atoms with Crippen LogP contribution in [0.1, 0.15) is 212 Å². The number of hydrogen-bond donors (Lipinski definition) is 0. The molecule has 0 saturated heterocycles. The molecular formula is C110H120N4+4. The monoisotopic (exact) mass is 1530 g/mol. The number of hydrogen-bond acceptors (Lipinski definition) is 0. The number of nitrogens with zero attached hydrogens (tertiary/aromatic N) is 4. The van der Waals surface area contributed by atoms with Gasteiger partial charge in [0, 0.05) is 117 Å². The van der Waals surface area contributed by atoms with Gasteiger partial charge in [0.2, 0.25) is 22.8 Å². The molecule has 0 unspecified atom stereocenters. The lowest BCUT2D eigenvalue weighted by Crippen LogP contribution is -2.32. The van der Waals surface area contributed by atoms with Gasteiger partial charge in [-0.3, -0.25) is 0 Å². The van der Waals surface area contributed by atoms with Crippen LogP contribution in [-0.2, 0) is 28.2 Å². The van der Waals surface area contributed by atoms with Gasteiger partial charge in [-0.1, -0.05) is 214 Å². The molecule has 2 saturated carbocycles. The van der Waals surface area contributed by atoms with Crippen molar-refractivity contribution in [1.29, 1.82) is 0 Å². The zero-order chi connectivity index (χ0) is 110. The predicted octanol–water partition coefficient (Wildman–Crippen LogP) is 27.0. The molecule has 14 aromatic rings. The molecule has 2 aliphatic rings. The first-order chi connectivity index (χ1) is 68.9. The first kappa shape index (κ1) is 47.5. The van der Waals surface area contributed by atoms with E-state index in [4.69, 9.17) is 46.6 Å². The van der Waals surface area contributed by atoms with Gasteiger partial charge in [-0.2, -0.15) is 0 Å². The van der Waals surface area contributed by atoms with Crippen LogP contribution in [0.4, 0.5) is 0 Å². The number of aryl methyl sites for hydroxylation is 19. The fraction of sp³-hybridized carbons (Fsp3) is 0.273. The molecule has 10 aromatic carbocycles. The van der Waals surface area contributed by atoms with Crippen LogP contribution in [0.2, 0.25) is 0 Å². The van der Waals surface area contributed by atoms with Crippen molar-refractivity contribution in [2.75, 3.05) is 0 Å². The SMILES string of the molecule is [2H]C([2H])([2H])c1c[n+](C)c(-c2cc(-c3ccccc3C([2H])([2H])[2H])c(C([2H])([2H])[2H])cc2C)cc1-c1ccccc1.[2H]C([2H])([2H])c1ccccc1-c1cc(-c2cc(-c3ccccc3)cc[n+]2C)c(C)cc1C([2H])([2H])[2H].[2H]C([2H])([2H])c1ccccc1-c1cc(-c2cc(C3([2H])CCCC3)c(C([2H])([2H])[2H])c[n+]2C)c(C)cc1C([2H])([2H])[2H].[2H]C([2H])([2H])c1ccccc1-c1cc(-c2cc(C3([2H])CCCCC3)c(C([2H])([2H])[2H])c[n+]2C)c(C)cc1C([2H])([2H])[2H]. The zero-order valence-electron chi connectivity index (χ0n) is 101. The Bertz CT molecular complexity index is 7280. The molecule has 16 rings (SSSR count). The lowest BCUT2D eigenvalue weighted by Gasteiger charge is -2.23. The molecule has 0 aliphatic heterocycles. The van der Waals surface area contributed by atoms with E-state index in [1.165, 1.54) is 18.2 Å². The molecule has 4 heteroatoms. The summed E-state index contributed by atoms with van der Waals surface area (Å²) in [6.45, 7) is -19.5. The summed E-state index contributed by atoms with van der Waals surface area (Å²) in [5.41, 5.74) is 16.5. The maximum atomic E-state index is 9.26. The number of benzene rings is 10. The molecule has 0 spiro atoms. The van der Waals surface area contributed by atoms with Crippen LogP contribution in [0.15, 0.2) is 261 Å². The van der Waals surface area contributed by atoms with Gasteiger partial charge in [-0.05, 0) is 309 Å². The van der Waals surface area contributed by atoms with E-state index in [0.717, 1.165) is 65.6 Å². The van der Waals surface area contributed by atoms with E-state index >= 15 is 0 Å². The Kier molecular flexibility index (Phi) is 14.9. The third kappa shape index (κ3) is 17.9. The summed E-state index contributed by atoms with van der Waals surface area (Å²) < 4.78 is 293. The first-order valence-electron chi connectivity index (χ1n) is 56.2. The number of aromatic nitrogens is 4. The van der Waals surface area contributed by atoms with E-state index in [-0.39, 0.29) is 61.2 Å². The molecule has 0 radical (unpaired) electrons. The van der Waals surface area contributed by atoms with Crippen molar-refractivity contribution in [1.82, 2.24) is 0 Å². The highest BCUT2D eigenvalue weighted by molar-refractivity contribution is 5.83. The Morgan fingerprint density at radius 2 is 0.526 bits per heavy atom. The molecule has 4 aromatic heterocycles. The average Bonchev–Trinajstić information content (AvgIpc) is 1.24. The topological polar surface area (TPSA) is 15.5 Å². The highest BCUT2D eigenvalue weighted by atomic mass is 14.9. The largest absolute Gasteiger partial charge is 0.213 e. The van der Waals surface area contributed by atoms with Gasteiger partial charge in [0.25, 0.3) is 0 Å². The lowest BCUT2D eigenvalue weighted by atomic mass is 9.82. The second-order valence-corrected chi connectivity index (χ2v) is 29.9. The third-order valence-corrected chi connectivity index (χ3v) is 22.0. The van der Waals surface area contributed by atoms with E-state index in [0.29, 0.717) is 137 Å². The van der Waals surface area contributed by atoms with Crippen LogP contribution >= 0.6 is 0 Å². The fourth-order valence-electron chi connectivity index (χ4n) is 15.9. The van der Waals surface area contributed by atoms with Crippen molar-refractivity contribution in [3.05, 3.63) is 356 Å². The molecular weight excluding hydrogens is 1380 g/mol. The van der Waals surface area contributed by atoms with Crippen molar-refractivity contribution >= 4 is 0 Å². The van der Waals surface area contributed by atoms with Crippen molar-refractivity contribution < 1.29 is 66.2 Å². The second kappa shape index (κ2) is 35.9. The molecule has 2 fully saturated rings. The Labute approximate surface area is 732 Å². The average molecular weight is 1530 g/mol. The maximum Gasteiger partial charge on any atom is 0.213 e. The minimum Gasteiger partial charge on any atom is -0.201 e. The molecule has 4 heterocycles. The van der Waals surface area contributed by atoms with Gasteiger partial charge >= 0.3 is 0 Å². The molecule has 4 nitrogen and oxygen atoms in total. The van der Waals surface area contributed by atoms with E-state index in [9.17, 15) is 1.37 Å². The van der Waals surface area contributed by atoms with E-state index in [1.807, 2.05) is 97.5 Å². The zero-order valence-corrected chi connectivity index (χ0v) is 66.0. The predicted molar refractivity (Wildman–Crippen MR) is 483 cm³/mol. The van der Waals surface area contributed by atoms with Crippen LogP contribution < -0.4 is 18.3 Å². The van der Waals surface area contributed by atoms with Crippen LogP contribution in [0.5, 0.6) is 0 Å². The summed E-state index contributed by atoms with van der Waals surface area (Å²) in [6.07, 6.45) is 13.4. The summed E-state index contributed by atoms with van der Waals surface area (Å²) in [7, 11) is 7.15. The van der Waals surface area contributed by atoms with Crippen molar-refractivity contribution in [2.24, 2.45) is 28.2 Å². The van der Waals surface area contributed by atoms with Gasteiger partial charge in [0.1, 0.15) is 28.2 Å². The van der Waals surface area contributed by atoms with Crippen LogP contribution in [-0.4, -0.2) is 0 Å².